The van der Waals surface area contributed by atoms with Gasteiger partial charge in [0, 0.05) is 44.8 Å². The van der Waals surface area contributed by atoms with Crippen molar-refractivity contribution in [3.8, 4) is 0 Å². The van der Waals surface area contributed by atoms with E-state index in [-0.39, 0.29) is 17.0 Å². The van der Waals surface area contributed by atoms with E-state index in [1.54, 1.807) is 12.1 Å². The lowest BCUT2D eigenvalue weighted by atomic mass is 9.66. The molecule has 0 amide bonds. The first-order chi connectivity index (χ1) is 13.8. The fourth-order valence-electron chi connectivity index (χ4n) is 4.97. The van der Waals surface area contributed by atoms with E-state index in [0.29, 0.717) is 34.0 Å². The first-order valence-electron chi connectivity index (χ1n) is 9.70. The molecule has 0 bridgehead atoms. The van der Waals surface area contributed by atoms with Crippen LogP contribution in [-0.4, -0.2) is 17.3 Å². The smallest absolute Gasteiger partial charge is 0.173 e. The highest BCUT2D eigenvalue weighted by Gasteiger charge is 2.50. The summed E-state index contributed by atoms with van der Waals surface area (Å²) in [7, 11) is 0. The van der Waals surface area contributed by atoms with Crippen LogP contribution in [-0.2, 0) is 4.79 Å². The molecule has 2 aromatic carbocycles. The highest BCUT2D eigenvalue weighted by molar-refractivity contribution is 6.35. The lowest BCUT2D eigenvalue weighted by molar-refractivity contribution is -0.118. The zero-order chi connectivity index (χ0) is 20.5. The van der Waals surface area contributed by atoms with Crippen molar-refractivity contribution in [1.29, 1.82) is 0 Å². The minimum atomic E-state index is -0.532. The molecule has 2 unspecified atom stereocenters. The largest absolute Gasteiger partial charge is 0.294 e. The Morgan fingerprint density at radius 1 is 0.966 bits per heavy atom. The summed E-state index contributed by atoms with van der Waals surface area (Å²) in [5.41, 5.74) is 4.31. The van der Waals surface area contributed by atoms with Crippen LogP contribution in [0.4, 0.5) is 0 Å². The Balaban J connectivity index is 1.79. The molecule has 0 radical (unpaired) electrons. The number of benzene rings is 2. The lowest BCUT2D eigenvalue weighted by Gasteiger charge is -2.38. The number of allylic oxidation sites excluding steroid dienone is 2. The van der Waals surface area contributed by atoms with Gasteiger partial charge in [0.05, 0.1) is 11.6 Å². The topological polar surface area (TPSA) is 46.5 Å². The zero-order valence-corrected chi connectivity index (χ0v) is 17.6. The number of rotatable bonds is 1. The zero-order valence-electron chi connectivity index (χ0n) is 16.1. The SMILES string of the molecule is CC1(C)CC(=O)C2=C(C1)N=C1c3ccccc3C(=O)C1C2c1ccc(Cl)cc1Cl. The number of hydrogen-bond acceptors (Lipinski definition) is 3. The Hall–Kier alpha value is -2.23. The summed E-state index contributed by atoms with van der Waals surface area (Å²) >= 11 is 12.7. The Kier molecular flexibility index (Phi) is 4.13. The van der Waals surface area contributed by atoms with Gasteiger partial charge in [0.15, 0.2) is 11.6 Å². The highest BCUT2D eigenvalue weighted by atomic mass is 35.5. The molecule has 0 N–H and O–H groups in total. The van der Waals surface area contributed by atoms with Gasteiger partial charge >= 0.3 is 0 Å². The van der Waals surface area contributed by atoms with Crippen LogP contribution < -0.4 is 0 Å². The molecule has 5 heteroatoms. The van der Waals surface area contributed by atoms with Crippen molar-refractivity contribution < 1.29 is 9.59 Å². The van der Waals surface area contributed by atoms with Gasteiger partial charge in [-0.3, -0.25) is 14.6 Å². The molecule has 5 rings (SSSR count). The molecular weight excluding hydrogens is 405 g/mol. The van der Waals surface area contributed by atoms with Crippen LogP contribution in [0.5, 0.6) is 0 Å². The van der Waals surface area contributed by atoms with E-state index in [1.807, 2.05) is 30.3 Å². The van der Waals surface area contributed by atoms with Gasteiger partial charge < -0.3 is 0 Å². The molecule has 0 saturated carbocycles. The van der Waals surface area contributed by atoms with Gasteiger partial charge in [-0.2, -0.15) is 0 Å². The number of ketones is 2. The number of aliphatic imine (C=N–C) groups is 1. The monoisotopic (exact) mass is 423 g/mol. The van der Waals surface area contributed by atoms with Gasteiger partial charge in [-0.05, 0) is 29.5 Å². The van der Waals surface area contributed by atoms with Gasteiger partial charge in [0.1, 0.15) is 0 Å². The lowest BCUT2D eigenvalue weighted by Crippen LogP contribution is -2.37. The predicted molar refractivity (Wildman–Crippen MR) is 115 cm³/mol. The van der Waals surface area contributed by atoms with Gasteiger partial charge in [0.2, 0.25) is 0 Å². The number of nitrogens with zero attached hydrogens (tertiary/aromatic N) is 1. The van der Waals surface area contributed by atoms with E-state index in [2.05, 4.69) is 13.8 Å². The van der Waals surface area contributed by atoms with Gasteiger partial charge in [0.25, 0.3) is 0 Å². The fourth-order valence-corrected chi connectivity index (χ4v) is 5.50. The van der Waals surface area contributed by atoms with E-state index in [9.17, 15) is 9.59 Å². The van der Waals surface area contributed by atoms with Crippen LogP contribution >= 0.6 is 23.2 Å². The summed E-state index contributed by atoms with van der Waals surface area (Å²) in [6, 6.07) is 12.8. The Bertz CT molecular complexity index is 1160. The number of hydrogen-bond donors (Lipinski definition) is 0. The molecule has 1 heterocycles. The van der Waals surface area contributed by atoms with Crippen LogP contribution in [0, 0.1) is 11.3 Å². The van der Waals surface area contributed by atoms with Crippen LogP contribution in [0.15, 0.2) is 58.7 Å². The quantitative estimate of drug-likeness (QED) is 0.561. The van der Waals surface area contributed by atoms with E-state index in [0.717, 1.165) is 22.5 Å². The number of carbonyl (C=O) groups excluding carboxylic acids is 2. The van der Waals surface area contributed by atoms with E-state index in [1.165, 1.54) is 0 Å². The second-order valence-corrected chi connectivity index (χ2v) is 9.67. The fraction of sp³-hybridized carbons (Fsp3) is 0.292. The van der Waals surface area contributed by atoms with E-state index in [4.69, 9.17) is 28.2 Å². The van der Waals surface area contributed by atoms with Gasteiger partial charge in [-0.15, -0.1) is 0 Å². The van der Waals surface area contributed by atoms with Crippen LogP contribution in [0.1, 0.15) is 54.1 Å². The standard InChI is InChI=1S/C24H19Cl2NO2/c1-24(2)10-17-20(18(28)11-24)19(15-8-7-12(25)9-16(15)26)21-22(27-17)13-5-3-4-6-14(13)23(21)29/h3-9,19,21H,10-11H2,1-2H3. The van der Waals surface area contributed by atoms with Crippen molar-refractivity contribution in [3.63, 3.8) is 0 Å². The summed E-state index contributed by atoms with van der Waals surface area (Å²) in [6.45, 7) is 4.16. The van der Waals surface area contributed by atoms with Crippen molar-refractivity contribution in [2.45, 2.75) is 32.6 Å². The van der Waals surface area contributed by atoms with Crippen molar-refractivity contribution in [2.75, 3.05) is 0 Å². The molecule has 3 aliphatic rings. The van der Waals surface area contributed by atoms with Crippen molar-refractivity contribution in [1.82, 2.24) is 0 Å². The maximum Gasteiger partial charge on any atom is 0.173 e. The van der Waals surface area contributed by atoms with Crippen molar-refractivity contribution in [3.05, 3.63) is 80.5 Å². The number of halogens is 2. The first kappa shape index (κ1) is 18.8. The maximum atomic E-state index is 13.4. The Morgan fingerprint density at radius 3 is 2.41 bits per heavy atom. The summed E-state index contributed by atoms with van der Waals surface area (Å²) in [5.74, 6) is -0.917. The van der Waals surface area contributed by atoms with Crippen molar-refractivity contribution >= 4 is 40.5 Å². The van der Waals surface area contributed by atoms with Crippen molar-refractivity contribution in [2.24, 2.45) is 16.3 Å². The summed E-state index contributed by atoms with van der Waals surface area (Å²) in [4.78, 5) is 31.6. The Labute approximate surface area is 179 Å². The Morgan fingerprint density at radius 2 is 1.69 bits per heavy atom. The molecule has 2 atom stereocenters. The molecule has 2 aromatic rings. The molecule has 2 aliphatic carbocycles. The summed E-state index contributed by atoms with van der Waals surface area (Å²) in [6.07, 6.45) is 1.13. The molecule has 0 aromatic heterocycles. The summed E-state index contributed by atoms with van der Waals surface area (Å²) < 4.78 is 0. The highest BCUT2D eigenvalue weighted by Crippen LogP contribution is 2.52. The maximum absolute atomic E-state index is 13.4. The third kappa shape index (κ3) is 2.83. The normalized spacial score (nSPS) is 24.8. The number of carbonyl (C=O) groups is 2. The average molecular weight is 424 g/mol. The predicted octanol–water partition coefficient (Wildman–Crippen LogP) is 6.04. The molecule has 0 fully saturated rings. The third-order valence-electron chi connectivity index (χ3n) is 6.14. The third-order valence-corrected chi connectivity index (χ3v) is 6.70. The van der Waals surface area contributed by atoms with E-state index < -0.39 is 11.8 Å². The molecule has 146 valence electrons. The second-order valence-electron chi connectivity index (χ2n) is 8.83. The average Bonchev–Trinajstić information content (AvgIpc) is 2.92. The molecular formula is C24H19Cl2NO2. The minimum Gasteiger partial charge on any atom is -0.294 e. The van der Waals surface area contributed by atoms with Gasteiger partial charge in [-0.25, -0.2) is 0 Å². The van der Waals surface area contributed by atoms with Gasteiger partial charge in [-0.1, -0.05) is 67.4 Å². The number of fused-ring (bicyclic) bond motifs is 3. The molecule has 29 heavy (non-hydrogen) atoms. The molecule has 0 spiro atoms. The second kappa shape index (κ2) is 6.38. The van der Waals surface area contributed by atoms with Crippen LogP contribution in [0.25, 0.3) is 0 Å². The molecule has 0 saturated heterocycles. The summed E-state index contributed by atoms with van der Waals surface area (Å²) in [5, 5.41) is 0.992. The molecule has 1 aliphatic heterocycles. The number of Topliss-reactive ketones (excluding diaryl/α,β-unsaturated/α-hetero) is 2. The van der Waals surface area contributed by atoms with E-state index >= 15 is 0 Å². The van der Waals surface area contributed by atoms with Crippen LogP contribution in [0.3, 0.4) is 0 Å². The van der Waals surface area contributed by atoms with Crippen LogP contribution in [0.2, 0.25) is 10.0 Å². The first-order valence-corrected chi connectivity index (χ1v) is 10.5. The molecule has 3 nitrogen and oxygen atoms in total. The minimum absolute atomic E-state index is 0.000416.